The van der Waals surface area contributed by atoms with Crippen molar-refractivity contribution in [3.05, 3.63) is 28.2 Å². The van der Waals surface area contributed by atoms with E-state index in [1.807, 2.05) is 0 Å². The van der Waals surface area contributed by atoms with Gasteiger partial charge in [-0.05, 0) is 40.7 Å². The van der Waals surface area contributed by atoms with Crippen molar-refractivity contribution < 1.29 is 14.6 Å². The number of nitrogens with one attached hydrogen (secondary N) is 1. The highest BCUT2D eigenvalue weighted by atomic mass is 79.9. The highest BCUT2D eigenvalue weighted by Crippen LogP contribution is 2.28. The molecular weight excluding hydrogens is 274 g/mol. The summed E-state index contributed by atoms with van der Waals surface area (Å²) in [6, 6.07) is 5.29. The summed E-state index contributed by atoms with van der Waals surface area (Å²) in [5, 5.41) is 12.0. The van der Waals surface area contributed by atoms with Gasteiger partial charge in [0.2, 0.25) is 0 Å². The normalized spacial score (nSPS) is 12.2. The fourth-order valence-electron chi connectivity index (χ4n) is 1.45. The maximum Gasteiger partial charge on any atom is 0.312 e. The van der Waals surface area contributed by atoms with Gasteiger partial charge in [0.25, 0.3) is 0 Å². The minimum absolute atomic E-state index is 0.397. The first kappa shape index (κ1) is 13.0. The van der Waals surface area contributed by atoms with Gasteiger partial charge in [0.05, 0.1) is 17.5 Å². The molecule has 88 valence electrons. The number of benzene rings is 1. The summed E-state index contributed by atoms with van der Waals surface area (Å²) in [5.41, 5.74) is 0.745. The van der Waals surface area contributed by atoms with Crippen molar-refractivity contribution in [2.24, 2.45) is 0 Å². The molecule has 0 saturated heterocycles. The van der Waals surface area contributed by atoms with Crippen LogP contribution < -0.4 is 10.1 Å². The van der Waals surface area contributed by atoms with Crippen LogP contribution in [0.15, 0.2) is 22.7 Å². The Morgan fingerprint density at radius 1 is 1.62 bits per heavy atom. The average molecular weight is 288 g/mol. The zero-order valence-electron chi connectivity index (χ0n) is 9.16. The number of likely N-dealkylation sites (N-methyl/N-ethyl adjacent to an activating group) is 1. The minimum Gasteiger partial charge on any atom is -0.496 e. The van der Waals surface area contributed by atoms with Crippen LogP contribution in [0.5, 0.6) is 5.75 Å². The Kier molecular flexibility index (Phi) is 4.76. The van der Waals surface area contributed by atoms with Crippen molar-refractivity contribution >= 4 is 21.9 Å². The van der Waals surface area contributed by atoms with Gasteiger partial charge < -0.3 is 15.2 Å². The van der Waals surface area contributed by atoms with Gasteiger partial charge in [-0.2, -0.15) is 0 Å². The molecule has 1 aromatic carbocycles. The summed E-state index contributed by atoms with van der Waals surface area (Å²) in [6.07, 6.45) is 0. The molecule has 1 rings (SSSR count). The third-order valence-electron chi connectivity index (χ3n) is 2.28. The molecule has 0 saturated carbocycles. The largest absolute Gasteiger partial charge is 0.496 e. The summed E-state index contributed by atoms with van der Waals surface area (Å²) in [4.78, 5) is 11.1. The molecule has 5 heteroatoms. The molecule has 0 fully saturated rings. The van der Waals surface area contributed by atoms with E-state index in [1.165, 1.54) is 0 Å². The molecular formula is C11H14BrNO3. The molecule has 0 spiro atoms. The number of halogens is 1. The molecule has 1 atom stereocenters. The number of hydrogen-bond acceptors (Lipinski definition) is 3. The fourth-order valence-corrected chi connectivity index (χ4v) is 2.01. The van der Waals surface area contributed by atoms with Crippen molar-refractivity contribution in [3.63, 3.8) is 0 Å². The Bertz CT molecular complexity index is 381. The van der Waals surface area contributed by atoms with Gasteiger partial charge in [-0.15, -0.1) is 0 Å². The van der Waals surface area contributed by atoms with Gasteiger partial charge in [0, 0.05) is 6.54 Å². The Morgan fingerprint density at radius 2 is 2.31 bits per heavy atom. The number of methoxy groups -OCH3 is 1. The zero-order chi connectivity index (χ0) is 12.1. The third kappa shape index (κ3) is 2.96. The molecule has 0 amide bonds. The highest BCUT2D eigenvalue weighted by Gasteiger charge is 2.19. The highest BCUT2D eigenvalue weighted by molar-refractivity contribution is 9.10. The van der Waals surface area contributed by atoms with E-state index in [1.54, 1.807) is 32.4 Å². The molecule has 0 radical (unpaired) electrons. The Hall–Kier alpha value is -1.07. The van der Waals surface area contributed by atoms with E-state index in [0.717, 1.165) is 10.0 Å². The lowest BCUT2D eigenvalue weighted by atomic mass is 9.99. The minimum atomic E-state index is -0.841. The van der Waals surface area contributed by atoms with Crippen LogP contribution in [-0.2, 0) is 4.79 Å². The molecule has 0 aliphatic carbocycles. The molecule has 2 N–H and O–H groups in total. The predicted octanol–water partition coefficient (Wildman–Crippen LogP) is 1.85. The maximum absolute atomic E-state index is 11.1. The van der Waals surface area contributed by atoms with E-state index < -0.39 is 11.9 Å². The summed E-state index contributed by atoms with van der Waals surface area (Å²) < 4.78 is 5.85. The summed E-state index contributed by atoms with van der Waals surface area (Å²) in [7, 11) is 3.30. The zero-order valence-corrected chi connectivity index (χ0v) is 10.7. The fraction of sp³-hybridized carbons (Fsp3) is 0.364. The lowest BCUT2D eigenvalue weighted by Crippen LogP contribution is -2.24. The monoisotopic (exact) mass is 287 g/mol. The average Bonchev–Trinajstić information content (AvgIpc) is 2.25. The number of carboxylic acids is 1. The SMILES string of the molecule is CNCC(C(=O)O)c1ccc(OC)c(Br)c1. The summed E-state index contributed by atoms with van der Waals surface area (Å²) in [5.74, 6) is -0.698. The number of hydrogen-bond donors (Lipinski definition) is 2. The Balaban J connectivity index is 3.01. The predicted molar refractivity (Wildman–Crippen MR) is 65.0 cm³/mol. The smallest absolute Gasteiger partial charge is 0.312 e. The van der Waals surface area contributed by atoms with Crippen LogP contribution in [0.2, 0.25) is 0 Å². The molecule has 1 unspecified atom stereocenters. The van der Waals surface area contributed by atoms with Crippen LogP contribution in [-0.4, -0.2) is 31.8 Å². The van der Waals surface area contributed by atoms with Gasteiger partial charge in [0.1, 0.15) is 5.75 Å². The summed E-state index contributed by atoms with van der Waals surface area (Å²) in [6.45, 7) is 0.397. The van der Waals surface area contributed by atoms with E-state index in [2.05, 4.69) is 21.2 Å². The number of rotatable bonds is 5. The summed E-state index contributed by atoms with van der Waals surface area (Å²) >= 11 is 3.34. The number of carbonyl (C=O) groups is 1. The molecule has 0 bridgehead atoms. The molecule has 4 nitrogen and oxygen atoms in total. The van der Waals surface area contributed by atoms with E-state index in [0.29, 0.717) is 12.3 Å². The van der Waals surface area contributed by atoms with Gasteiger partial charge in [-0.25, -0.2) is 0 Å². The van der Waals surface area contributed by atoms with Gasteiger partial charge in [-0.3, -0.25) is 4.79 Å². The third-order valence-corrected chi connectivity index (χ3v) is 2.90. The first-order chi connectivity index (χ1) is 7.60. The molecule has 0 aliphatic rings. The van der Waals surface area contributed by atoms with Gasteiger partial charge >= 0.3 is 5.97 Å². The van der Waals surface area contributed by atoms with Crippen LogP contribution in [0.1, 0.15) is 11.5 Å². The van der Waals surface area contributed by atoms with Gasteiger partial charge in [0.15, 0.2) is 0 Å². The second-order valence-corrected chi connectivity index (χ2v) is 4.20. The van der Waals surface area contributed by atoms with Gasteiger partial charge in [-0.1, -0.05) is 6.07 Å². The molecule has 16 heavy (non-hydrogen) atoms. The maximum atomic E-state index is 11.1. The quantitative estimate of drug-likeness (QED) is 0.868. The van der Waals surface area contributed by atoms with Crippen molar-refractivity contribution in [2.45, 2.75) is 5.92 Å². The first-order valence-corrected chi connectivity index (χ1v) is 5.60. The topological polar surface area (TPSA) is 58.6 Å². The standard InChI is InChI=1S/C11H14BrNO3/c1-13-6-8(11(14)15)7-3-4-10(16-2)9(12)5-7/h3-5,8,13H,6H2,1-2H3,(H,14,15). The van der Waals surface area contributed by atoms with E-state index >= 15 is 0 Å². The Labute approximate surface area is 103 Å². The van der Waals surface area contributed by atoms with Crippen LogP contribution in [0, 0.1) is 0 Å². The van der Waals surface area contributed by atoms with Crippen LogP contribution in [0.4, 0.5) is 0 Å². The van der Waals surface area contributed by atoms with E-state index in [4.69, 9.17) is 9.84 Å². The lowest BCUT2D eigenvalue weighted by molar-refractivity contribution is -0.138. The number of ether oxygens (including phenoxy) is 1. The lowest BCUT2D eigenvalue weighted by Gasteiger charge is -2.13. The van der Waals surface area contributed by atoms with Crippen molar-refractivity contribution in [2.75, 3.05) is 20.7 Å². The molecule has 1 aromatic rings. The molecule has 0 heterocycles. The second kappa shape index (κ2) is 5.86. The van der Waals surface area contributed by atoms with Crippen molar-refractivity contribution in [3.8, 4) is 5.75 Å². The van der Waals surface area contributed by atoms with Crippen molar-refractivity contribution in [1.82, 2.24) is 5.32 Å². The Morgan fingerprint density at radius 3 is 2.75 bits per heavy atom. The van der Waals surface area contributed by atoms with Crippen molar-refractivity contribution in [1.29, 1.82) is 0 Å². The number of aliphatic carboxylic acids is 1. The van der Waals surface area contributed by atoms with E-state index in [9.17, 15) is 4.79 Å². The molecule has 0 aromatic heterocycles. The first-order valence-electron chi connectivity index (χ1n) is 4.81. The number of carboxylic acid groups (broad SMARTS) is 1. The second-order valence-electron chi connectivity index (χ2n) is 3.34. The van der Waals surface area contributed by atoms with E-state index in [-0.39, 0.29) is 0 Å². The van der Waals surface area contributed by atoms with Crippen LogP contribution >= 0.6 is 15.9 Å². The molecule has 0 aliphatic heterocycles. The van der Waals surface area contributed by atoms with Crippen LogP contribution in [0.25, 0.3) is 0 Å². The van der Waals surface area contributed by atoms with Crippen LogP contribution in [0.3, 0.4) is 0 Å².